The van der Waals surface area contributed by atoms with Crippen LogP contribution >= 0.6 is 27.7 Å². The molecule has 4 nitrogen and oxygen atoms in total. The van der Waals surface area contributed by atoms with Gasteiger partial charge in [-0.2, -0.15) is 0 Å². The van der Waals surface area contributed by atoms with Crippen molar-refractivity contribution in [2.75, 3.05) is 0 Å². The Bertz CT molecular complexity index is 1460. The van der Waals surface area contributed by atoms with Crippen LogP contribution in [0.1, 0.15) is 11.1 Å². The number of hydrogen-bond donors (Lipinski definition) is 1. The maximum Gasteiger partial charge on any atom is 0.283 e. The summed E-state index contributed by atoms with van der Waals surface area (Å²) in [5, 5.41) is 0.670. The molecule has 2 heterocycles. The molecule has 0 radical (unpaired) electrons. The van der Waals surface area contributed by atoms with Crippen molar-refractivity contribution >= 4 is 38.7 Å². The fourth-order valence-corrected chi connectivity index (χ4v) is 5.07. The van der Waals surface area contributed by atoms with Crippen molar-refractivity contribution in [2.24, 2.45) is 0 Å². The number of thioether (sulfide) groups is 1. The zero-order valence-electron chi connectivity index (χ0n) is 17.4. The normalized spacial score (nSPS) is 11.2. The number of nitrogens with one attached hydrogen (secondary N) is 1. The standard InChI is InChI=1S/C26H20BrN3OS/c1-17-10-12-21(13-11-17)30-25(31)24-23(22(15-28-24)19-7-3-2-4-8-19)29-26(30)32-16-18-6-5-9-20(27)14-18/h2-15,28H,16H2,1H3. The van der Waals surface area contributed by atoms with Gasteiger partial charge in [-0.05, 0) is 42.3 Å². The highest BCUT2D eigenvalue weighted by atomic mass is 79.9. The van der Waals surface area contributed by atoms with Crippen LogP contribution in [0.15, 0.2) is 99.5 Å². The van der Waals surface area contributed by atoms with E-state index in [0.29, 0.717) is 21.9 Å². The van der Waals surface area contributed by atoms with E-state index in [-0.39, 0.29) is 5.56 Å². The number of benzene rings is 3. The van der Waals surface area contributed by atoms with Crippen LogP contribution in [0.3, 0.4) is 0 Å². The molecule has 0 aliphatic carbocycles. The van der Waals surface area contributed by atoms with Crippen LogP contribution in [-0.4, -0.2) is 14.5 Å². The van der Waals surface area contributed by atoms with Crippen molar-refractivity contribution in [2.45, 2.75) is 17.8 Å². The van der Waals surface area contributed by atoms with Crippen LogP contribution in [0.5, 0.6) is 0 Å². The van der Waals surface area contributed by atoms with Gasteiger partial charge in [-0.15, -0.1) is 0 Å². The third-order valence-electron chi connectivity index (χ3n) is 5.30. The molecule has 1 N–H and O–H groups in total. The van der Waals surface area contributed by atoms with E-state index in [9.17, 15) is 4.79 Å². The molecule has 0 fully saturated rings. The van der Waals surface area contributed by atoms with E-state index in [0.717, 1.165) is 32.4 Å². The van der Waals surface area contributed by atoms with Gasteiger partial charge in [0.1, 0.15) is 11.0 Å². The minimum absolute atomic E-state index is 0.0993. The lowest BCUT2D eigenvalue weighted by Crippen LogP contribution is -2.21. The van der Waals surface area contributed by atoms with Crippen LogP contribution in [-0.2, 0) is 5.75 Å². The second-order valence-electron chi connectivity index (χ2n) is 7.58. The summed E-state index contributed by atoms with van der Waals surface area (Å²) in [6.45, 7) is 2.04. The summed E-state index contributed by atoms with van der Waals surface area (Å²) in [4.78, 5) is 21.8. The number of hydrogen-bond acceptors (Lipinski definition) is 3. The fraction of sp³-hybridized carbons (Fsp3) is 0.0769. The quantitative estimate of drug-likeness (QED) is 0.214. The first-order valence-corrected chi connectivity index (χ1v) is 12.0. The number of rotatable bonds is 5. The van der Waals surface area contributed by atoms with Gasteiger partial charge in [-0.25, -0.2) is 4.98 Å². The number of nitrogens with zero attached hydrogens (tertiary/aromatic N) is 2. The Morgan fingerprint density at radius 3 is 2.53 bits per heavy atom. The molecule has 0 saturated heterocycles. The van der Waals surface area contributed by atoms with Gasteiger partial charge in [0, 0.05) is 22.0 Å². The Hall–Kier alpha value is -3.09. The lowest BCUT2D eigenvalue weighted by Gasteiger charge is -2.13. The SMILES string of the molecule is Cc1ccc(-n2c(SCc3cccc(Br)c3)nc3c(-c4ccccc4)c[nH]c3c2=O)cc1. The van der Waals surface area contributed by atoms with Gasteiger partial charge in [0.25, 0.3) is 5.56 Å². The molecular formula is C26H20BrN3OS. The third-order valence-corrected chi connectivity index (χ3v) is 6.81. The number of aryl methyl sites for hydroxylation is 1. The van der Waals surface area contributed by atoms with E-state index in [1.165, 1.54) is 0 Å². The van der Waals surface area contributed by atoms with Crippen LogP contribution in [0.2, 0.25) is 0 Å². The van der Waals surface area contributed by atoms with Gasteiger partial charge >= 0.3 is 0 Å². The van der Waals surface area contributed by atoms with Crippen LogP contribution < -0.4 is 5.56 Å². The second kappa shape index (κ2) is 8.81. The molecule has 5 aromatic rings. The number of halogens is 1. The van der Waals surface area contributed by atoms with Crippen molar-refractivity contribution in [3.8, 4) is 16.8 Å². The lowest BCUT2D eigenvalue weighted by atomic mass is 10.1. The van der Waals surface area contributed by atoms with Crippen LogP contribution in [0.4, 0.5) is 0 Å². The van der Waals surface area contributed by atoms with Gasteiger partial charge in [0.05, 0.1) is 5.69 Å². The lowest BCUT2D eigenvalue weighted by molar-refractivity contribution is 0.818. The van der Waals surface area contributed by atoms with Gasteiger partial charge in [0.15, 0.2) is 5.16 Å². The van der Waals surface area contributed by atoms with E-state index in [1.807, 2.05) is 79.9 Å². The molecule has 0 aliphatic rings. The Labute approximate surface area is 198 Å². The zero-order chi connectivity index (χ0) is 22.1. The van der Waals surface area contributed by atoms with Crippen LogP contribution in [0, 0.1) is 6.92 Å². The highest BCUT2D eigenvalue weighted by Gasteiger charge is 2.18. The summed E-state index contributed by atoms with van der Waals surface area (Å²) < 4.78 is 2.74. The molecule has 0 atom stereocenters. The maximum atomic E-state index is 13.6. The summed E-state index contributed by atoms with van der Waals surface area (Å²) in [6, 6.07) is 26.2. The molecule has 3 aromatic carbocycles. The van der Waals surface area contributed by atoms with Gasteiger partial charge < -0.3 is 4.98 Å². The zero-order valence-corrected chi connectivity index (χ0v) is 19.8. The van der Waals surface area contributed by atoms with Crippen LogP contribution in [0.25, 0.3) is 27.8 Å². The molecule has 0 amide bonds. The monoisotopic (exact) mass is 501 g/mol. The first-order chi connectivity index (χ1) is 15.6. The topological polar surface area (TPSA) is 50.7 Å². The summed E-state index contributed by atoms with van der Waals surface area (Å²) in [5.74, 6) is 0.703. The van der Waals surface area contributed by atoms with Crippen molar-refractivity contribution < 1.29 is 0 Å². The van der Waals surface area contributed by atoms with Crippen molar-refractivity contribution in [3.05, 3.63) is 111 Å². The van der Waals surface area contributed by atoms with Gasteiger partial charge in [0.2, 0.25) is 0 Å². The van der Waals surface area contributed by atoms with Crippen molar-refractivity contribution in [3.63, 3.8) is 0 Å². The Kier molecular flexibility index (Phi) is 5.72. The predicted octanol–water partition coefficient (Wildman–Crippen LogP) is 6.74. The first-order valence-electron chi connectivity index (χ1n) is 10.2. The summed E-state index contributed by atoms with van der Waals surface area (Å²) >= 11 is 5.10. The fourth-order valence-electron chi connectivity index (χ4n) is 3.67. The van der Waals surface area contributed by atoms with Crippen molar-refractivity contribution in [1.82, 2.24) is 14.5 Å². The van der Waals surface area contributed by atoms with E-state index >= 15 is 0 Å². The number of aromatic amines is 1. The van der Waals surface area contributed by atoms with E-state index in [2.05, 4.69) is 33.0 Å². The molecule has 0 spiro atoms. The molecule has 6 heteroatoms. The summed E-state index contributed by atoms with van der Waals surface area (Å²) in [6.07, 6.45) is 1.87. The van der Waals surface area contributed by atoms with Gasteiger partial charge in [-0.1, -0.05) is 87.9 Å². The Morgan fingerprint density at radius 1 is 1.00 bits per heavy atom. The average Bonchev–Trinajstić information content (AvgIpc) is 3.24. The number of fused-ring (bicyclic) bond motifs is 1. The summed E-state index contributed by atoms with van der Waals surface area (Å²) in [5.41, 5.74) is 6.18. The van der Waals surface area contributed by atoms with E-state index in [1.54, 1.807) is 16.3 Å². The highest BCUT2D eigenvalue weighted by Crippen LogP contribution is 2.30. The van der Waals surface area contributed by atoms with Gasteiger partial charge in [-0.3, -0.25) is 9.36 Å². The molecule has 0 saturated carbocycles. The van der Waals surface area contributed by atoms with E-state index < -0.39 is 0 Å². The average molecular weight is 502 g/mol. The third kappa shape index (κ3) is 4.04. The Balaban J connectivity index is 1.67. The maximum absolute atomic E-state index is 13.6. The molecular weight excluding hydrogens is 482 g/mol. The molecule has 5 rings (SSSR count). The van der Waals surface area contributed by atoms with Crippen molar-refractivity contribution in [1.29, 1.82) is 0 Å². The highest BCUT2D eigenvalue weighted by molar-refractivity contribution is 9.10. The molecule has 0 unspecified atom stereocenters. The Morgan fingerprint density at radius 2 is 1.78 bits per heavy atom. The molecule has 0 aliphatic heterocycles. The summed E-state index contributed by atoms with van der Waals surface area (Å²) in [7, 11) is 0. The largest absolute Gasteiger partial charge is 0.355 e. The molecule has 0 bridgehead atoms. The minimum Gasteiger partial charge on any atom is -0.355 e. The first kappa shape index (κ1) is 20.8. The minimum atomic E-state index is -0.0993. The number of H-pyrrole nitrogens is 1. The molecule has 32 heavy (non-hydrogen) atoms. The van der Waals surface area contributed by atoms with E-state index in [4.69, 9.17) is 4.98 Å². The number of aromatic nitrogens is 3. The molecule has 158 valence electrons. The smallest absolute Gasteiger partial charge is 0.283 e. The predicted molar refractivity (Wildman–Crippen MR) is 136 cm³/mol. The second-order valence-corrected chi connectivity index (χ2v) is 9.44. The molecule has 2 aromatic heterocycles.